The highest BCUT2D eigenvalue weighted by atomic mass is 35.5. The van der Waals surface area contributed by atoms with E-state index < -0.39 is 0 Å². The highest BCUT2D eigenvalue weighted by molar-refractivity contribution is 6.30. The zero-order valence-corrected chi connectivity index (χ0v) is 12.6. The number of hydrogen-bond acceptors (Lipinski definition) is 3. The van der Waals surface area contributed by atoms with Crippen LogP contribution in [0.1, 0.15) is 28.9 Å². The van der Waals surface area contributed by atoms with Crippen LogP contribution in [0.15, 0.2) is 42.5 Å². The number of halogens is 1. The van der Waals surface area contributed by atoms with Crippen LogP contribution in [-0.4, -0.2) is 13.0 Å². The maximum atomic E-state index is 12.3. The van der Waals surface area contributed by atoms with Gasteiger partial charge in [0, 0.05) is 10.7 Å². The molecule has 0 aliphatic carbocycles. The van der Waals surface area contributed by atoms with Gasteiger partial charge in [-0.1, -0.05) is 23.7 Å². The topological polar surface area (TPSA) is 64.3 Å². The molecular weight excluding hydrogens is 288 g/mol. The summed E-state index contributed by atoms with van der Waals surface area (Å²) in [5.41, 5.74) is 7.57. The molecule has 0 aromatic heterocycles. The van der Waals surface area contributed by atoms with E-state index in [0.29, 0.717) is 22.0 Å². The standard InChI is InChI=1S/C16H17ClN2O2/c1-10(11-4-3-5-12(17)8-11)19-16(20)14-9-13(21-2)6-7-15(14)18/h3-10H,18H2,1-2H3,(H,19,20). The van der Waals surface area contributed by atoms with Gasteiger partial charge in [-0.2, -0.15) is 0 Å². The van der Waals surface area contributed by atoms with E-state index in [4.69, 9.17) is 22.1 Å². The predicted molar refractivity (Wildman–Crippen MR) is 84.7 cm³/mol. The van der Waals surface area contributed by atoms with Crippen LogP contribution < -0.4 is 15.8 Å². The Morgan fingerprint density at radius 1 is 1.29 bits per heavy atom. The molecule has 110 valence electrons. The van der Waals surface area contributed by atoms with Gasteiger partial charge in [0.15, 0.2) is 0 Å². The molecule has 21 heavy (non-hydrogen) atoms. The molecule has 0 radical (unpaired) electrons. The summed E-state index contributed by atoms with van der Waals surface area (Å²) < 4.78 is 5.11. The maximum Gasteiger partial charge on any atom is 0.253 e. The monoisotopic (exact) mass is 304 g/mol. The number of anilines is 1. The van der Waals surface area contributed by atoms with E-state index in [1.54, 1.807) is 31.4 Å². The number of benzene rings is 2. The van der Waals surface area contributed by atoms with E-state index in [-0.39, 0.29) is 11.9 Å². The van der Waals surface area contributed by atoms with E-state index in [9.17, 15) is 4.79 Å². The Labute approximate surface area is 128 Å². The molecule has 0 aliphatic rings. The van der Waals surface area contributed by atoms with Crippen molar-refractivity contribution in [3.8, 4) is 5.75 Å². The van der Waals surface area contributed by atoms with Crippen molar-refractivity contribution in [3.63, 3.8) is 0 Å². The number of carbonyl (C=O) groups is 1. The van der Waals surface area contributed by atoms with Crippen LogP contribution in [0.5, 0.6) is 5.75 Å². The molecule has 2 aromatic rings. The Balaban J connectivity index is 2.18. The van der Waals surface area contributed by atoms with Crippen molar-refractivity contribution < 1.29 is 9.53 Å². The molecule has 0 saturated carbocycles. The van der Waals surface area contributed by atoms with Crippen LogP contribution in [0.3, 0.4) is 0 Å². The summed E-state index contributed by atoms with van der Waals surface area (Å²) in [6.07, 6.45) is 0. The van der Waals surface area contributed by atoms with Crippen LogP contribution in [0, 0.1) is 0 Å². The van der Waals surface area contributed by atoms with Crippen molar-refractivity contribution in [2.45, 2.75) is 13.0 Å². The van der Waals surface area contributed by atoms with Gasteiger partial charge in [-0.3, -0.25) is 4.79 Å². The first kappa shape index (κ1) is 15.2. The van der Waals surface area contributed by atoms with Gasteiger partial charge >= 0.3 is 0 Å². The SMILES string of the molecule is COc1ccc(N)c(C(=O)NC(C)c2cccc(Cl)c2)c1. The molecular formula is C16H17ClN2O2. The molecule has 1 unspecified atom stereocenters. The van der Waals surface area contributed by atoms with Crippen molar-refractivity contribution in [2.75, 3.05) is 12.8 Å². The molecule has 2 rings (SSSR count). The number of ether oxygens (including phenoxy) is 1. The number of amides is 1. The first-order valence-electron chi connectivity index (χ1n) is 6.51. The van der Waals surface area contributed by atoms with Crippen LogP contribution in [0.25, 0.3) is 0 Å². The third kappa shape index (κ3) is 3.67. The van der Waals surface area contributed by atoms with Gasteiger partial charge in [-0.05, 0) is 42.8 Å². The van der Waals surface area contributed by atoms with Crippen LogP contribution >= 0.6 is 11.6 Å². The molecule has 2 aromatic carbocycles. The summed E-state index contributed by atoms with van der Waals surface area (Å²) >= 11 is 5.96. The first-order valence-corrected chi connectivity index (χ1v) is 6.89. The summed E-state index contributed by atoms with van der Waals surface area (Å²) in [5.74, 6) is 0.337. The number of nitrogens with two attached hydrogens (primary N) is 1. The quantitative estimate of drug-likeness (QED) is 0.851. The minimum atomic E-state index is -0.251. The lowest BCUT2D eigenvalue weighted by molar-refractivity contribution is 0.0940. The molecule has 0 spiro atoms. The average Bonchev–Trinajstić information content (AvgIpc) is 2.47. The minimum Gasteiger partial charge on any atom is -0.497 e. The van der Waals surface area contributed by atoms with E-state index in [2.05, 4.69) is 5.32 Å². The first-order chi connectivity index (χ1) is 10.0. The smallest absolute Gasteiger partial charge is 0.253 e. The van der Waals surface area contributed by atoms with Gasteiger partial charge in [-0.15, -0.1) is 0 Å². The number of carbonyl (C=O) groups excluding carboxylic acids is 1. The molecule has 5 heteroatoms. The zero-order chi connectivity index (χ0) is 15.4. The number of nitrogen functional groups attached to an aromatic ring is 1. The van der Waals surface area contributed by atoms with E-state index in [0.717, 1.165) is 5.56 Å². The largest absolute Gasteiger partial charge is 0.497 e. The molecule has 0 bridgehead atoms. The Morgan fingerprint density at radius 2 is 2.05 bits per heavy atom. The Kier molecular flexibility index (Phi) is 4.70. The van der Waals surface area contributed by atoms with Gasteiger partial charge < -0.3 is 15.8 Å². The van der Waals surface area contributed by atoms with Crippen molar-refractivity contribution in [2.24, 2.45) is 0 Å². The van der Waals surface area contributed by atoms with Crippen molar-refractivity contribution >= 4 is 23.2 Å². The van der Waals surface area contributed by atoms with Crippen LogP contribution in [-0.2, 0) is 0 Å². The van der Waals surface area contributed by atoms with E-state index in [1.165, 1.54) is 0 Å². The van der Waals surface area contributed by atoms with Gasteiger partial charge in [-0.25, -0.2) is 0 Å². The number of nitrogens with one attached hydrogen (secondary N) is 1. The molecule has 0 fully saturated rings. The minimum absolute atomic E-state index is 0.179. The second-order valence-corrected chi connectivity index (χ2v) is 5.14. The number of methoxy groups -OCH3 is 1. The molecule has 3 N–H and O–H groups in total. The Bertz CT molecular complexity index is 658. The predicted octanol–water partition coefficient (Wildman–Crippen LogP) is 3.42. The third-order valence-electron chi connectivity index (χ3n) is 3.20. The number of hydrogen-bond donors (Lipinski definition) is 2. The summed E-state index contributed by atoms with van der Waals surface area (Å²) in [6, 6.07) is 12.2. The molecule has 0 aliphatic heterocycles. The molecule has 4 nitrogen and oxygen atoms in total. The summed E-state index contributed by atoms with van der Waals surface area (Å²) in [7, 11) is 1.54. The normalized spacial score (nSPS) is 11.8. The highest BCUT2D eigenvalue weighted by Crippen LogP contribution is 2.22. The van der Waals surface area contributed by atoms with E-state index >= 15 is 0 Å². The lowest BCUT2D eigenvalue weighted by Gasteiger charge is -2.16. The molecule has 0 heterocycles. The fourth-order valence-electron chi connectivity index (χ4n) is 1.99. The van der Waals surface area contributed by atoms with Gasteiger partial charge in [0.2, 0.25) is 0 Å². The lowest BCUT2D eigenvalue weighted by Crippen LogP contribution is -2.27. The summed E-state index contributed by atoms with van der Waals surface area (Å²) in [4.78, 5) is 12.3. The van der Waals surface area contributed by atoms with Crippen LogP contribution in [0.4, 0.5) is 5.69 Å². The van der Waals surface area contributed by atoms with Gasteiger partial charge in [0.1, 0.15) is 5.75 Å². The maximum absolute atomic E-state index is 12.3. The molecule has 1 amide bonds. The molecule has 1 atom stereocenters. The van der Waals surface area contributed by atoms with Crippen molar-refractivity contribution in [3.05, 3.63) is 58.6 Å². The average molecular weight is 305 g/mol. The zero-order valence-electron chi connectivity index (χ0n) is 11.9. The van der Waals surface area contributed by atoms with Crippen LogP contribution in [0.2, 0.25) is 5.02 Å². The van der Waals surface area contributed by atoms with E-state index in [1.807, 2.05) is 25.1 Å². The van der Waals surface area contributed by atoms with Crippen molar-refractivity contribution in [1.29, 1.82) is 0 Å². The van der Waals surface area contributed by atoms with Gasteiger partial charge in [0.05, 0.1) is 18.7 Å². The Morgan fingerprint density at radius 3 is 2.71 bits per heavy atom. The second kappa shape index (κ2) is 6.50. The van der Waals surface area contributed by atoms with Gasteiger partial charge in [0.25, 0.3) is 5.91 Å². The fourth-order valence-corrected chi connectivity index (χ4v) is 2.19. The third-order valence-corrected chi connectivity index (χ3v) is 3.44. The summed E-state index contributed by atoms with van der Waals surface area (Å²) in [6.45, 7) is 1.89. The Hall–Kier alpha value is -2.20. The number of rotatable bonds is 4. The molecule has 0 saturated heterocycles. The fraction of sp³-hybridized carbons (Fsp3) is 0.188. The second-order valence-electron chi connectivity index (χ2n) is 4.70. The van der Waals surface area contributed by atoms with Crippen molar-refractivity contribution in [1.82, 2.24) is 5.32 Å². The highest BCUT2D eigenvalue weighted by Gasteiger charge is 2.15. The summed E-state index contributed by atoms with van der Waals surface area (Å²) in [5, 5.41) is 3.53. The lowest BCUT2D eigenvalue weighted by atomic mass is 10.1.